The van der Waals surface area contributed by atoms with E-state index in [0.29, 0.717) is 17.4 Å². The molecule has 0 aliphatic carbocycles. The van der Waals surface area contributed by atoms with Gasteiger partial charge in [-0.15, -0.1) is 0 Å². The van der Waals surface area contributed by atoms with Crippen molar-refractivity contribution in [1.29, 1.82) is 0 Å². The number of hydrogen-bond acceptors (Lipinski definition) is 4. The van der Waals surface area contributed by atoms with Crippen molar-refractivity contribution in [2.75, 3.05) is 5.32 Å². The SMILES string of the molecule is Fc1cc(Cl)cc(CNc2cccnc2-n2cncn2)c1. The van der Waals surface area contributed by atoms with Crippen LogP contribution in [0.2, 0.25) is 5.02 Å². The Bertz CT molecular complexity index is 725. The van der Waals surface area contributed by atoms with Gasteiger partial charge in [0, 0.05) is 17.8 Å². The summed E-state index contributed by atoms with van der Waals surface area (Å²) >= 11 is 5.84. The molecule has 0 unspecified atom stereocenters. The molecule has 0 aliphatic rings. The molecule has 0 radical (unpaired) electrons. The second-order valence-electron chi connectivity index (χ2n) is 4.35. The highest BCUT2D eigenvalue weighted by Gasteiger charge is 2.06. The third-order valence-electron chi connectivity index (χ3n) is 2.83. The quantitative estimate of drug-likeness (QED) is 0.805. The predicted molar refractivity (Wildman–Crippen MR) is 77.9 cm³/mol. The maximum Gasteiger partial charge on any atom is 0.178 e. The molecule has 1 N–H and O–H groups in total. The van der Waals surface area contributed by atoms with Crippen molar-refractivity contribution < 1.29 is 4.39 Å². The van der Waals surface area contributed by atoms with Crippen molar-refractivity contribution in [3.8, 4) is 5.82 Å². The zero-order chi connectivity index (χ0) is 14.7. The molecule has 5 nitrogen and oxygen atoms in total. The lowest BCUT2D eigenvalue weighted by Crippen LogP contribution is -2.06. The smallest absolute Gasteiger partial charge is 0.178 e. The van der Waals surface area contributed by atoms with Gasteiger partial charge in [-0.2, -0.15) is 5.10 Å². The first-order valence-electron chi connectivity index (χ1n) is 6.21. The van der Waals surface area contributed by atoms with E-state index in [9.17, 15) is 4.39 Å². The highest BCUT2D eigenvalue weighted by Crippen LogP contribution is 2.19. The maximum absolute atomic E-state index is 13.3. The molecule has 106 valence electrons. The van der Waals surface area contributed by atoms with E-state index in [1.54, 1.807) is 29.3 Å². The van der Waals surface area contributed by atoms with Gasteiger partial charge in [0.2, 0.25) is 0 Å². The van der Waals surface area contributed by atoms with Gasteiger partial charge >= 0.3 is 0 Å². The monoisotopic (exact) mass is 303 g/mol. The first-order chi connectivity index (χ1) is 10.2. The lowest BCUT2D eigenvalue weighted by molar-refractivity contribution is 0.626. The second-order valence-corrected chi connectivity index (χ2v) is 4.78. The van der Waals surface area contributed by atoms with Crippen molar-refractivity contribution in [2.24, 2.45) is 0 Å². The molecule has 21 heavy (non-hydrogen) atoms. The Morgan fingerprint density at radius 2 is 2.19 bits per heavy atom. The summed E-state index contributed by atoms with van der Waals surface area (Å²) in [6.45, 7) is 0.421. The number of anilines is 1. The van der Waals surface area contributed by atoms with Crippen molar-refractivity contribution in [2.45, 2.75) is 6.54 Å². The predicted octanol–water partition coefficient (Wildman–Crippen LogP) is 3.07. The van der Waals surface area contributed by atoms with E-state index in [0.717, 1.165) is 11.3 Å². The molecule has 0 aliphatic heterocycles. The van der Waals surface area contributed by atoms with Crippen molar-refractivity contribution in [3.05, 3.63) is 65.6 Å². The molecule has 2 aromatic heterocycles. The van der Waals surface area contributed by atoms with Gasteiger partial charge in [0.05, 0.1) is 5.69 Å². The number of nitrogens with one attached hydrogen (secondary N) is 1. The molecule has 3 aromatic rings. The molecule has 3 rings (SSSR count). The summed E-state index contributed by atoms with van der Waals surface area (Å²) in [7, 11) is 0. The van der Waals surface area contributed by atoms with Crippen LogP contribution in [0.15, 0.2) is 49.2 Å². The number of nitrogens with zero attached hydrogens (tertiary/aromatic N) is 4. The standard InChI is InChI=1S/C14H11ClFN5/c15-11-4-10(5-12(16)6-11)7-19-13-2-1-3-18-14(13)21-9-17-8-20-21/h1-6,8-9,19H,7H2. The molecular formula is C14H11ClFN5. The first kappa shape index (κ1) is 13.5. The molecule has 0 atom stereocenters. The van der Waals surface area contributed by atoms with E-state index in [-0.39, 0.29) is 5.82 Å². The third kappa shape index (κ3) is 3.17. The number of rotatable bonds is 4. The van der Waals surface area contributed by atoms with Crippen LogP contribution in [0, 0.1) is 5.82 Å². The lowest BCUT2D eigenvalue weighted by atomic mass is 10.2. The van der Waals surface area contributed by atoms with Gasteiger partial charge in [0.15, 0.2) is 5.82 Å². The van der Waals surface area contributed by atoms with E-state index in [2.05, 4.69) is 20.4 Å². The number of hydrogen-bond donors (Lipinski definition) is 1. The molecule has 2 heterocycles. The van der Waals surface area contributed by atoms with Gasteiger partial charge in [-0.05, 0) is 35.9 Å². The van der Waals surface area contributed by atoms with Gasteiger partial charge < -0.3 is 5.32 Å². The Kier molecular flexibility index (Phi) is 3.79. The van der Waals surface area contributed by atoms with Crippen LogP contribution in [0.25, 0.3) is 5.82 Å². The molecular weight excluding hydrogens is 293 g/mol. The Balaban J connectivity index is 1.82. The Morgan fingerprint density at radius 3 is 2.95 bits per heavy atom. The summed E-state index contributed by atoms with van der Waals surface area (Å²) in [6, 6.07) is 8.09. The van der Waals surface area contributed by atoms with Crippen LogP contribution in [0.4, 0.5) is 10.1 Å². The summed E-state index contributed by atoms with van der Waals surface area (Å²) < 4.78 is 14.9. The van der Waals surface area contributed by atoms with Crippen LogP contribution in [0.5, 0.6) is 0 Å². The zero-order valence-corrected chi connectivity index (χ0v) is 11.6. The first-order valence-corrected chi connectivity index (χ1v) is 6.59. The summed E-state index contributed by atoms with van der Waals surface area (Å²) in [5, 5.41) is 7.62. The van der Waals surface area contributed by atoms with E-state index in [1.807, 2.05) is 6.07 Å². The lowest BCUT2D eigenvalue weighted by Gasteiger charge is -2.11. The molecule has 0 fully saturated rings. The number of benzene rings is 1. The molecule has 0 spiro atoms. The summed E-state index contributed by atoms with van der Waals surface area (Å²) in [5.41, 5.74) is 1.51. The van der Waals surface area contributed by atoms with Gasteiger partial charge in [-0.1, -0.05) is 11.6 Å². The summed E-state index contributed by atoms with van der Waals surface area (Å²) in [6.07, 6.45) is 4.67. The molecule has 0 amide bonds. The molecule has 7 heteroatoms. The van der Waals surface area contributed by atoms with Crippen LogP contribution in [-0.4, -0.2) is 19.7 Å². The van der Waals surface area contributed by atoms with E-state index < -0.39 is 0 Å². The van der Waals surface area contributed by atoms with E-state index >= 15 is 0 Å². The minimum atomic E-state index is -0.359. The molecule has 1 aromatic carbocycles. The van der Waals surface area contributed by atoms with Crippen molar-refractivity contribution in [1.82, 2.24) is 19.7 Å². The molecule has 0 bridgehead atoms. The van der Waals surface area contributed by atoms with Gasteiger partial charge in [0.1, 0.15) is 18.5 Å². The maximum atomic E-state index is 13.3. The highest BCUT2D eigenvalue weighted by molar-refractivity contribution is 6.30. The van der Waals surface area contributed by atoms with Crippen LogP contribution >= 0.6 is 11.6 Å². The zero-order valence-electron chi connectivity index (χ0n) is 10.9. The van der Waals surface area contributed by atoms with E-state index in [1.165, 1.54) is 18.5 Å². The van der Waals surface area contributed by atoms with Gasteiger partial charge in [-0.25, -0.2) is 19.0 Å². The summed E-state index contributed by atoms with van der Waals surface area (Å²) in [5.74, 6) is 0.263. The third-order valence-corrected chi connectivity index (χ3v) is 3.05. The Labute approximate surface area is 125 Å². The van der Waals surface area contributed by atoms with Crippen LogP contribution in [0.1, 0.15) is 5.56 Å². The van der Waals surface area contributed by atoms with Crippen LogP contribution in [-0.2, 0) is 6.54 Å². The second kappa shape index (κ2) is 5.88. The summed E-state index contributed by atoms with van der Waals surface area (Å²) in [4.78, 5) is 8.16. The fourth-order valence-corrected chi connectivity index (χ4v) is 2.19. The average Bonchev–Trinajstić information content (AvgIpc) is 2.98. The fraction of sp³-hybridized carbons (Fsp3) is 0.0714. The highest BCUT2D eigenvalue weighted by atomic mass is 35.5. The van der Waals surface area contributed by atoms with E-state index in [4.69, 9.17) is 11.6 Å². The number of pyridine rings is 1. The average molecular weight is 304 g/mol. The minimum absolute atomic E-state index is 0.359. The number of aromatic nitrogens is 4. The Hall–Kier alpha value is -2.47. The molecule has 0 saturated heterocycles. The van der Waals surface area contributed by atoms with Crippen molar-refractivity contribution in [3.63, 3.8) is 0 Å². The largest absolute Gasteiger partial charge is 0.378 e. The van der Waals surface area contributed by atoms with Crippen LogP contribution < -0.4 is 5.32 Å². The van der Waals surface area contributed by atoms with Crippen LogP contribution in [0.3, 0.4) is 0 Å². The Morgan fingerprint density at radius 1 is 1.29 bits per heavy atom. The van der Waals surface area contributed by atoms with Gasteiger partial charge in [-0.3, -0.25) is 0 Å². The number of halogens is 2. The fourth-order valence-electron chi connectivity index (χ4n) is 1.95. The van der Waals surface area contributed by atoms with Gasteiger partial charge in [0.25, 0.3) is 0 Å². The molecule has 0 saturated carbocycles. The van der Waals surface area contributed by atoms with Crippen molar-refractivity contribution >= 4 is 17.3 Å². The topological polar surface area (TPSA) is 55.6 Å². The normalized spacial score (nSPS) is 10.6. The minimum Gasteiger partial charge on any atom is -0.378 e.